The van der Waals surface area contributed by atoms with Crippen LogP contribution in [0.15, 0.2) is 30.3 Å². The van der Waals surface area contributed by atoms with Crippen LogP contribution in [0.3, 0.4) is 0 Å². The summed E-state index contributed by atoms with van der Waals surface area (Å²) in [5, 5.41) is 27.1. The van der Waals surface area contributed by atoms with Crippen molar-refractivity contribution in [1.29, 1.82) is 0 Å². The number of carboxylic acid groups (broad SMARTS) is 1. The van der Waals surface area contributed by atoms with E-state index in [1.54, 1.807) is 6.07 Å². The van der Waals surface area contributed by atoms with Gasteiger partial charge in [0, 0.05) is 5.56 Å². The first-order chi connectivity index (χ1) is 8.49. The molecule has 0 heterocycles. The van der Waals surface area contributed by atoms with Crippen LogP contribution in [0.5, 0.6) is 0 Å². The lowest BCUT2D eigenvalue weighted by Gasteiger charge is -2.17. The van der Waals surface area contributed by atoms with Crippen LogP contribution in [-0.4, -0.2) is 44.8 Å². The van der Waals surface area contributed by atoms with Gasteiger partial charge in [-0.3, -0.25) is 4.79 Å². The van der Waals surface area contributed by atoms with E-state index in [1.165, 1.54) is 24.3 Å². The quantitative estimate of drug-likeness (QED) is 0.552. The summed E-state index contributed by atoms with van der Waals surface area (Å²) in [7, 11) is 0. The molecule has 0 fully saturated rings. The Hall–Kier alpha value is -2.48. The Morgan fingerprint density at radius 3 is 2.28 bits per heavy atom. The van der Waals surface area contributed by atoms with Crippen molar-refractivity contribution in [3.63, 3.8) is 0 Å². The number of carboxylic acids is 1. The van der Waals surface area contributed by atoms with Crippen LogP contribution in [0.25, 0.3) is 0 Å². The van der Waals surface area contributed by atoms with E-state index in [-0.39, 0.29) is 10.6 Å². The molecule has 0 unspecified atom stereocenters. The molecule has 18 heavy (non-hydrogen) atoms. The van der Waals surface area contributed by atoms with E-state index in [0.717, 1.165) is 0 Å². The van der Waals surface area contributed by atoms with E-state index >= 15 is 0 Å². The van der Waals surface area contributed by atoms with Gasteiger partial charge in [0.2, 0.25) is 6.04 Å². The van der Waals surface area contributed by atoms with Crippen molar-refractivity contribution in [1.82, 2.24) is 5.01 Å². The van der Waals surface area contributed by atoms with Crippen LogP contribution in [0, 0.1) is 10.1 Å². The van der Waals surface area contributed by atoms with Gasteiger partial charge in [0.15, 0.2) is 5.03 Å². The molecule has 1 rings (SSSR count). The zero-order chi connectivity index (χ0) is 13.7. The van der Waals surface area contributed by atoms with Crippen molar-refractivity contribution in [2.24, 2.45) is 0 Å². The third kappa shape index (κ3) is 2.80. The van der Waals surface area contributed by atoms with E-state index < -0.39 is 29.6 Å². The lowest BCUT2D eigenvalue weighted by atomic mass is 10.2. The van der Waals surface area contributed by atoms with Crippen molar-refractivity contribution in [2.45, 2.75) is 6.04 Å². The molecule has 0 aromatic heterocycles. The Labute approximate surface area is 101 Å². The van der Waals surface area contributed by atoms with Crippen molar-refractivity contribution >= 4 is 11.9 Å². The van der Waals surface area contributed by atoms with Gasteiger partial charge in [-0.15, -0.1) is 0 Å². The van der Waals surface area contributed by atoms with Crippen LogP contribution >= 0.6 is 0 Å². The number of aliphatic hydroxyl groups is 1. The normalized spacial score (nSPS) is 11.6. The molecular formula is C10H10N2O6. The number of carbonyl (C=O) groups is 2. The van der Waals surface area contributed by atoms with Crippen LogP contribution in [0.1, 0.15) is 10.4 Å². The maximum absolute atomic E-state index is 11.8. The summed E-state index contributed by atoms with van der Waals surface area (Å²) in [5.41, 5.74) is -0.0334. The highest BCUT2D eigenvalue weighted by Crippen LogP contribution is 2.09. The minimum atomic E-state index is -1.92. The fourth-order valence-corrected chi connectivity index (χ4v) is 1.30. The Bertz CT molecular complexity index is 461. The van der Waals surface area contributed by atoms with Crippen molar-refractivity contribution in [3.8, 4) is 0 Å². The molecule has 96 valence electrons. The molecule has 1 aromatic carbocycles. The molecule has 0 saturated carbocycles. The Balaban J connectivity index is 3.10. The molecule has 0 aliphatic carbocycles. The van der Waals surface area contributed by atoms with Gasteiger partial charge in [-0.05, 0) is 17.1 Å². The molecule has 0 saturated heterocycles. The molecule has 0 bridgehead atoms. The van der Waals surface area contributed by atoms with Gasteiger partial charge in [0.05, 0.1) is 6.61 Å². The monoisotopic (exact) mass is 254 g/mol. The molecule has 0 aliphatic rings. The Morgan fingerprint density at radius 1 is 1.33 bits per heavy atom. The fraction of sp³-hybridized carbons (Fsp3) is 0.200. The smallest absolute Gasteiger partial charge is 0.335 e. The topological polar surface area (TPSA) is 121 Å². The molecule has 0 spiro atoms. The number of amides is 1. The predicted molar refractivity (Wildman–Crippen MR) is 58.1 cm³/mol. The minimum absolute atomic E-state index is 0.0334. The van der Waals surface area contributed by atoms with Crippen LogP contribution in [-0.2, 0) is 4.79 Å². The lowest BCUT2D eigenvalue weighted by molar-refractivity contribution is -0.638. The average molecular weight is 254 g/mol. The molecule has 1 amide bonds. The predicted octanol–water partition coefficient (Wildman–Crippen LogP) is -0.234. The number of nitro groups is 1. The number of benzene rings is 1. The van der Waals surface area contributed by atoms with Gasteiger partial charge in [-0.2, -0.15) is 0 Å². The molecule has 8 heteroatoms. The first kappa shape index (κ1) is 13.6. The minimum Gasteiger partial charge on any atom is -0.479 e. The second-order valence-electron chi connectivity index (χ2n) is 3.29. The van der Waals surface area contributed by atoms with Gasteiger partial charge in [-0.25, -0.2) is 14.9 Å². The third-order valence-electron chi connectivity index (χ3n) is 2.16. The molecule has 0 aliphatic heterocycles. The first-order valence-electron chi connectivity index (χ1n) is 4.85. The van der Waals surface area contributed by atoms with Crippen molar-refractivity contribution in [3.05, 3.63) is 46.0 Å². The number of nitrogens with zero attached hydrogens (tertiary/aromatic N) is 2. The molecule has 1 aromatic rings. The number of rotatable bonds is 5. The van der Waals surface area contributed by atoms with E-state index in [2.05, 4.69) is 0 Å². The van der Waals surface area contributed by atoms with Gasteiger partial charge in [-0.1, -0.05) is 18.2 Å². The van der Waals surface area contributed by atoms with Crippen molar-refractivity contribution < 1.29 is 24.8 Å². The Morgan fingerprint density at radius 2 is 1.89 bits per heavy atom. The second kappa shape index (κ2) is 5.73. The fourth-order valence-electron chi connectivity index (χ4n) is 1.30. The van der Waals surface area contributed by atoms with Crippen LogP contribution in [0.4, 0.5) is 0 Å². The molecule has 2 N–H and O–H groups in total. The number of aliphatic hydroxyl groups excluding tert-OH is 1. The summed E-state index contributed by atoms with van der Waals surface area (Å²) < 4.78 is 0. The molecule has 8 nitrogen and oxygen atoms in total. The highest BCUT2D eigenvalue weighted by atomic mass is 16.7. The largest absolute Gasteiger partial charge is 0.479 e. The second-order valence-corrected chi connectivity index (χ2v) is 3.29. The summed E-state index contributed by atoms with van der Waals surface area (Å²) in [4.78, 5) is 33.3. The van der Waals surface area contributed by atoms with Gasteiger partial charge in [0.1, 0.15) is 0 Å². The summed E-state index contributed by atoms with van der Waals surface area (Å²) >= 11 is 0. The van der Waals surface area contributed by atoms with Crippen molar-refractivity contribution in [2.75, 3.05) is 6.61 Å². The zero-order valence-electron chi connectivity index (χ0n) is 9.09. The zero-order valence-corrected chi connectivity index (χ0v) is 9.09. The summed E-state index contributed by atoms with van der Waals surface area (Å²) in [5.74, 6) is -2.75. The summed E-state index contributed by atoms with van der Waals surface area (Å²) in [6.45, 7) is -1.05. The highest BCUT2D eigenvalue weighted by molar-refractivity contribution is 5.95. The Kier molecular flexibility index (Phi) is 4.33. The molecular weight excluding hydrogens is 244 g/mol. The SMILES string of the molecule is O=C(O)[C@@H](CO)N(C(=O)c1ccccc1)[N+](=O)[O-]. The highest BCUT2D eigenvalue weighted by Gasteiger charge is 2.39. The summed E-state index contributed by atoms with van der Waals surface area (Å²) in [6.07, 6.45) is 0. The van der Waals surface area contributed by atoms with Gasteiger partial charge < -0.3 is 10.2 Å². The van der Waals surface area contributed by atoms with E-state index in [9.17, 15) is 19.7 Å². The number of carbonyl (C=O) groups excluding carboxylic acids is 1. The van der Waals surface area contributed by atoms with E-state index in [1.807, 2.05) is 0 Å². The maximum atomic E-state index is 11.8. The third-order valence-corrected chi connectivity index (χ3v) is 2.16. The lowest BCUT2D eigenvalue weighted by Crippen LogP contribution is -2.50. The number of hydrazine groups is 1. The van der Waals surface area contributed by atoms with Gasteiger partial charge in [0.25, 0.3) is 0 Å². The average Bonchev–Trinajstić information content (AvgIpc) is 2.35. The number of aliphatic carboxylic acids is 1. The first-order valence-corrected chi connectivity index (χ1v) is 4.85. The van der Waals surface area contributed by atoms with Gasteiger partial charge >= 0.3 is 11.9 Å². The van der Waals surface area contributed by atoms with E-state index in [0.29, 0.717) is 0 Å². The molecule has 1 atom stereocenters. The standard InChI is InChI=1S/C10H10N2O6/c13-6-8(10(15)16)11(12(17)18)9(14)7-4-2-1-3-5-7/h1-5,8,13H,6H2,(H,15,16)/t8-/m1/s1. The van der Waals surface area contributed by atoms with E-state index in [4.69, 9.17) is 10.2 Å². The number of hydrogen-bond acceptors (Lipinski definition) is 5. The molecule has 0 radical (unpaired) electrons. The maximum Gasteiger partial charge on any atom is 0.335 e. The van der Waals surface area contributed by atoms with Crippen LogP contribution < -0.4 is 0 Å². The number of hydrogen-bond donors (Lipinski definition) is 2. The summed E-state index contributed by atoms with van der Waals surface area (Å²) in [6, 6.07) is 5.28. The van der Waals surface area contributed by atoms with Crippen LogP contribution in [0.2, 0.25) is 0 Å².